The van der Waals surface area contributed by atoms with Crippen LogP contribution in [0.1, 0.15) is 62.6 Å². The highest BCUT2D eigenvalue weighted by Gasteiger charge is 2.30. The van der Waals surface area contributed by atoms with Crippen molar-refractivity contribution < 1.29 is 13.2 Å². The van der Waals surface area contributed by atoms with Crippen LogP contribution in [0.4, 0.5) is 13.2 Å². The molecule has 0 aliphatic heterocycles. The van der Waals surface area contributed by atoms with Crippen molar-refractivity contribution in [3.8, 4) is 0 Å². The van der Waals surface area contributed by atoms with E-state index >= 15 is 0 Å². The summed E-state index contributed by atoms with van der Waals surface area (Å²) in [7, 11) is 0. The molecule has 1 nitrogen and oxygen atoms in total. The molecular weight excluding hydrogens is 275 g/mol. The highest BCUT2D eigenvalue weighted by Crippen LogP contribution is 2.31. The second-order valence-corrected chi connectivity index (χ2v) is 6.09. The molecule has 1 unspecified atom stereocenters. The lowest BCUT2D eigenvalue weighted by Crippen LogP contribution is -2.23. The summed E-state index contributed by atoms with van der Waals surface area (Å²) in [5.41, 5.74) is 0.134. The van der Waals surface area contributed by atoms with Crippen LogP contribution in [0.5, 0.6) is 0 Å². The SMILES string of the molecule is CC(NCCC1CCCCC1)c1cccc(C(F)(F)F)c1. The van der Waals surface area contributed by atoms with E-state index in [2.05, 4.69) is 5.32 Å². The Morgan fingerprint density at radius 3 is 2.57 bits per heavy atom. The predicted molar refractivity (Wildman–Crippen MR) is 79.1 cm³/mol. The molecule has 0 amide bonds. The van der Waals surface area contributed by atoms with Gasteiger partial charge in [-0.3, -0.25) is 0 Å². The van der Waals surface area contributed by atoms with Gasteiger partial charge in [-0.05, 0) is 43.5 Å². The van der Waals surface area contributed by atoms with Gasteiger partial charge in [0.2, 0.25) is 0 Å². The zero-order chi connectivity index (χ0) is 15.3. The largest absolute Gasteiger partial charge is 0.416 e. The third-order valence-electron chi connectivity index (χ3n) is 4.44. The highest BCUT2D eigenvalue weighted by molar-refractivity contribution is 5.27. The van der Waals surface area contributed by atoms with Gasteiger partial charge in [-0.2, -0.15) is 13.2 Å². The van der Waals surface area contributed by atoms with Crippen molar-refractivity contribution in [2.45, 2.75) is 57.7 Å². The van der Waals surface area contributed by atoms with E-state index in [1.807, 2.05) is 6.92 Å². The van der Waals surface area contributed by atoms with Crippen molar-refractivity contribution in [1.29, 1.82) is 0 Å². The maximum Gasteiger partial charge on any atom is 0.416 e. The summed E-state index contributed by atoms with van der Waals surface area (Å²) in [5, 5.41) is 3.36. The molecule has 0 spiro atoms. The van der Waals surface area contributed by atoms with E-state index < -0.39 is 11.7 Å². The van der Waals surface area contributed by atoms with Gasteiger partial charge in [0.25, 0.3) is 0 Å². The third kappa shape index (κ3) is 5.03. The number of rotatable bonds is 5. The Balaban J connectivity index is 1.83. The molecule has 0 bridgehead atoms. The Labute approximate surface area is 124 Å². The first-order valence-electron chi connectivity index (χ1n) is 7.87. The number of hydrogen-bond donors (Lipinski definition) is 1. The topological polar surface area (TPSA) is 12.0 Å². The fraction of sp³-hybridized carbons (Fsp3) is 0.647. The van der Waals surface area contributed by atoms with Crippen molar-refractivity contribution >= 4 is 0 Å². The Bertz CT molecular complexity index is 436. The molecule has 1 aromatic rings. The molecule has 4 heteroatoms. The molecule has 0 saturated heterocycles. The lowest BCUT2D eigenvalue weighted by Gasteiger charge is -2.23. The van der Waals surface area contributed by atoms with Crippen LogP contribution in [-0.4, -0.2) is 6.54 Å². The minimum atomic E-state index is -4.27. The molecule has 1 fully saturated rings. The molecule has 1 atom stereocenters. The van der Waals surface area contributed by atoms with Gasteiger partial charge >= 0.3 is 6.18 Å². The van der Waals surface area contributed by atoms with E-state index in [1.165, 1.54) is 44.2 Å². The normalized spacial score (nSPS) is 18.7. The lowest BCUT2D eigenvalue weighted by molar-refractivity contribution is -0.137. The number of nitrogens with one attached hydrogen (secondary N) is 1. The summed E-state index contributed by atoms with van der Waals surface area (Å²) < 4.78 is 38.1. The van der Waals surface area contributed by atoms with Gasteiger partial charge in [0.1, 0.15) is 0 Å². The third-order valence-corrected chi connectivity index (χ3v) is 4.44. The predicted octanol–water partition coefficient (Wildman–Crippen LogP) is 5.33. The van der Waals surface area contributed by atoms with Crippen LogP contribution in [0.2, 0.25) is 0 Å². The first kappa shape index (κ1) is 16.3. The van der Waals surface area contributed by atoms with Crippen molar-refractivity contribution in [3.63, 3.8) is 0 Å². The monoisotopic (exact) mass is 299 g/mol. The van der Waals surface area contributed by atoms with Crippen molar-refractivity contribution in [2.75, 3.05) is 6.54 Å². The molecule has 1 aliphatic carbocycles. The second kappa shape index (κ2) is 7.30. The van der Waals surface area contributed by atoms with Crippen LogP contribution < -0.4 is 5.32 Å². The first-order chi connectivity index (χ1) is 9.97. The Hall–Kier alpha value is -1.03. The maximum atomic E-state index is 12.7. The molecule has 0 aromatic heterocycles. The minimum Gasteiger partial charge on any atom is -0.310 e. The zero-order valence-corrected chi connectivity index (χ0v) is 12.5. The van der Waals surface area contributed by atoms with E-state index in [-0.39, 0.29) is 6.04 Å². The van der Waals surface area contributed by atoms with Gasteiger partial charge < -0.3 is 5.32 Å². The molecular formula is C17H24F3N. The van der Waals surface area contributed by atoms with E-state index in [4.69, 9.17) is 0 Å². The standard InChI is InChI=1S/C17H24F3N/c1-13(21-11-10-14-6-3-2-4-7-14)15-8-5-9-16(12-15)17(18,19)20/h5,8-9,12-14,21H,2-4,6-7,10-11H2,1H3. The van der Waals surface area contributed by atoms with E-state index in [0.717, 1.165) is 24.9 Å². The molecule has 1 aromatic carbocycles. The minimum absolute atomic E-state index is 0.0455. The molecule has 1 saturated carbocycles. The fourth-order valence-electron chi connectivity index (χ4n) is 3.08. The van der Waals surface area contributed by atoms with Gasteiger partial charge in [-0.25, -0.2) is 0 Å². The summed E-state index contributed by atoms with van der Waals surface area (Å²) in [6, 6.07) is 5.57. The summed E-state index contributed by atoms with van der Waals surface area (Å²) in [4.78, 5) is 0. The van der Waals surface area contributed by atoms with Crippen LogP contribution >= 0.6 is 0 Å². The van der Waals surface area contributed by atoms with E-state index in [9.17, 15) is 13.2 Å². The highest BCUT2D eigenvalue weighted by atomic mass is 19.4. The molecule has 0 heterocycles. The van der Waals surface area contributed by atoms with E-state index in [1.54, 1.807) is 6.07 Å². The molecule has 21 heavy (non-hydrogen) atoms. The molecule has 0 radical (unpaired) electrons. The summed E-state index contributed by atoms with van der Waals surface area (Å²) in [6.07, 6.45) is 3.48. The van der Waals surface area contributed by atoms with Crippen LogP contribution in [0, 0.1) is 5.92 Å². The van der Waals surface area contributed by atoms with Gasteiger partial charge in [-0.15, -0.1) is 0 Å². The fourth-order valence-corrected chi connectivity index (χ4v) is 3.08. The Kier molecular flexibility index (Phi) is 5.68. The maximum absolute atomic E-state index is 12.7. The van der Waals surface area contributed by atoms with Gasteiger partial charge in [-0.1, -0.05) is 44.2 Å². The summed E-state index contributed by atoms with van der Waals surface area (Å²) in [5.74, 6) is 0.792. The van der Waals surface area contributed by atoms with Crippen LogP contribution in [-0.2, 0) is 6.18 Å². The van der Waals surface area contributed by atoms with Crippen molar-refractivity contribution in [2.24, 2.45) is 5.92 Å². The molecule has 1 aliphatic rings. The Morgan fingerprint density at radius 2 is 1.90 bits per heavy atom. The van der Waals surface area contributed by atoms with Gasteiger partial charge in [0.05, 0.1) is 5.56 Å². The van der Waals surface area contributed by atoms with Crippen LogP contribution in [0.25, 0.3) is 0 Å². The van der Waals surface area contributed by atoms with Crippen LogP contribution in [0.3, 0.4) is 0 Å². The average Bonchev–Trinajstić information content (AvgIpc) is 2.47. The van der Waals surface area contributed by atoms with E-state index in [0.29, 0.717) is 5.56 Å². The van der Waals surface area contributed by atoms with Gasteiger partial charge in [0.15, 0.2) is 0 Å². The zero-order valence-electron chi connectivity index (χ0n) is 12.5. The van der Waals surface area contributed by atoms with Gasteiger partial charge in [0, 0.05) is 6.04 Å². The van der Waals surface area contributed by atoms with Crippen molar-refractivity contribution in [3.05, 3.63) is 35.4 Å². The number of halogens is 3. The Morgan fingerprint density at radius 1 is 1.19 bits per heavy atom. The first-order valence-corrected chi connectivity index (χ1v) is 7.87. The molecule has 118 valence electrons. The molecule has 2 rings (SSSR count). The number of alkyl halides is 3. The summed E-state index contributed by atoms with van der Waals surface area (Å²) in [6.45, 7) is 2.80. The second-order valence-electron chi connectivity index (χ2n) is 6.09. The van der Waals surface area contributed by atoms with Crippen molar-refractivity contribution in [1.82, 2.24) is 5.32 Å². The molecule has 1 N–H and O–H groups in total. The van der Waals surface area contributed by atoms with Crippen LogP contribution in [0.15, 0.2) is 24.3 Å². The smallest absolute Gasteiger partial charge is 0.310 e. The average molecular weight is 299 g/mol. The quantitative estimate of drug-likeness (QED) is 0.775. The lowest BCUT2D eigenvalue weighted by atomic mass is 9.87. The number of benzene rings is 1. The number of hydrogen-bond acceptors (Lipinski definition) is 1. The summed E-state index contributed by atoms with van der Waals surface area (Å²) >= 11 is 0.